The lowest BCUT2D eigenvalue weighted by Gasteiger charge is -2.04. The highest BCUT2D eigenvalue weighted by molar-refractivity contribution is 6.42. The molecule has 0 aliphatic carbocycles. The van der Waals surface area contributed by atoms with E-state index in [-0.39, 0.29) is 17.1 Å². The van der Waals surface area contributed by atoms with E-state index in [4.69, 9.17) is 34.0 Å². The number of rotatable bonds is 2. The second-order valence-electron chi connectivity index (χ2n) is 2.43. The Morgan fingerprint density at radius 1 is 1.38 bits per heavy atom. The summed E-state index contributed by atoms with van der Waals surface area (Å²) in [5.74, 6) is -1.06. The molecule has 0 aromatic heterocycles. The highest BCUT2D eigenvalue weighted by Gasteiger charge is 2.11. The second kappa shape index (κ2) is 3.96. The van der Waals surface area contributed by atoms with Gasteiger partial charge in [-0.05, 0) is 17.7 Å². The smallest absolute Gasteiger partial charge is 0.336 e. The number of halogens is 2. The number of hydrogen-bond acceptors (Lipinski definition) is 2. The Morgan fingerprint density at radius 3 is 2.38 bits per heavy atom. The summed E-state index contributed by atoms with van der Waals surface area (Å²) in [4.78, 5) is 10.7. The second-order valence-corrected chi connectivity index (χ2v) is 3.25. The number of hydrogen-bond donors (Lipinski definition) is 2. The van der Waals surface area contributed by atoms with Crippen LogP contribution in [0.15, 0.2) is 12.1 Å². The van der Waals surface area contributed by atoms with Crippen molar-refractivity contribution in [3.05, 3.63) is 33.3 Å². The Hall–Kier alpha value is -0.770. The fourth-order valence-corrected chi connectivity index (χ4v) is 1.31. The average molecular weight is 220 g/mol. The average Bonchev–Trinajstić information content (AvgIpc) is 2.08. The number of benzene rings is 1. The van der Waals surface area contributed by atoms with Crippen molar-refractivity contribution in [1.29, 1.82) is 0 Å². The van der Waals surface area contributed by atoms with E-state index in [0.717, 1.165) is 0 Å². The molecule has 13 heavy (non-hydrogen) atoms. The van der Waals surface area contributed by atoms with Gasteiger partial charge in [0, 0.05) is 6.54 Å². The molecule has 5 heteroatoms. The Kier molecular flexibility index (Phi) is 3.14. The van der Waals surface area contributed by atoms with Crippen molar-refractivity contribution in [2.45, 2.75) is 6.54 Å². The van der Waals surface area contributed by atoms with Gasteiger partial charge in [-0.1, -0.05) is 23.2 Å². The van der Waals surface area contributed by atoms with Crippen molar-refractivity contribution >= 4 is 29.2 Å². The van der Waals surface area contributed by atoms with Crippen LogP contribution in [0.3, 0.4) is 0 Å². The van der Waals surface area contributed by atoms with Crippen molar-refractivity contribution < 1.29 is 9.90 Å². The van der Waals surface area contributed by atoms with E-state index >= 15 is 0 Å². The minimum absolute atomic E-state index is 0.0944. The monoisotopic (exact) mass is 219 g/mol. The fraction of sp³-hybridized carbons (Fsp3) is 0.125. The number of nitrogens with two attached hydrogens (primary N) is 1. The maximum Gasteiger partial charge on any atom is 0.336 e. The molecule has 0 saturated heterocycles. The third kappa shape index (κ3) is 2.12. The summed E-state index contributed by atoms with van der Waals surface area (Å²) < 4.78 is 0. The summed E-state index contributed by atoms with van der Waals surface area (Å²) in [6.45, 7) is 0.124. The molecule has 70 valence electrons. The highest BCUT2D eigenvalue weighted by atomic mass is 35.5. The lowest BCUT2D eigenvalue weighted by Crippen LogP contribution is -2.06. The molecule has 1 aromatic carbocycles. The Bertz CT molecular complexity index is 352. The number of carboxylic acids is 1. The highest BCUT2D eigenvalue weighted by Crippen LogP contribution is 2.25. The van der Waals surface area contributed by atoms with Crippen molar-refractivity contribution in [2.24, 2.45) is 5.73 Å². The molecule has 3 N–H and O–H groups in total. The van der Waals surface area contributed by atoms with E-state index in [1.54, 1.807) is 0 Å². The first-order valence-electron chi connectivity index (χ1n) is 3.47. The SMILES string of the molecule is NCc1cc(Cl)c(Cl)cc1C(=O)O. The van der Waals surface area contributed by atoms with Gasteiger partial charge in [0.2, 0.25) is 0 Å². The molecule has 1 aromatic rings. The first-order chi connectivity index (χ1) is 6.06. The maximum atomic E-state index is 10.7. The minimum Gasteiger partial charge on any atom is -0.478 e. The Morgan fingerprint density at radius 2 is 1.92 bits per heavy atom. The minimum atomic E-state index is -1.06. The van der Waals surface area contributed by atoms with Gasteiger partial charge in [-0.15, -0.1) is 0 Å². The fourth-order valence-electron chi connectivity index (χ4n) is 0.956. The number of carbonyl (C=O) groups is 1. The van der Waals surface area contributed by atoms with Gasteiger partial charge in [0.25, 0.3) is 0 Å². The van der Waals surface area contributed by atoms with Gasteiger partial charge in [-0.3, -0.25) is 0 Å². The summed E-state index contributed by atoms with van der Waals surface area (Å²) in [7, 11) is 0. The zero-order valence-corrected chi connectivity index (χ0v) is 8.06. The topological polar surface area (TPSA) is 63.3 Å². The zero-order chi connectivity index (χ0) is 10.0. The number of aromatic carboxylic acids is 1. The molecule has 0 aliphatic heterocycles. The molecule has 0 bridgehead atoms. The van der Waals surface area contributed by atoms with Crippen LogP contribution in [0.2, 0.25) is 10.0 Å². The summed E-state index contributed by atoms with van der Waals surface area (Å²) in [6.07, 6.45) is 0. The van der Waals surface area contributed by atoms with Crippen molar-refractivity contribution in [3.63, 3.8) is 0 Å². The molecule has 0 heterocycles. The molecular weight excluding hydrogens is 213 g/mol. The quantitative estimate of drug-likeness (QED) is 0.802. The molecule has 0 amide bonds. The summed E-state index contributed by atoms with van der Waals surface area (Å²) >= 11 is 11.3. The predicted molar refractivity (Wildman–Crippen MR) is 51.3 cm³/mol. The normalized spacial score (nSPS) is 10.1. The van der Waals surface area contributed by atoms with Crippen LogP contribution in [-0.4, -0.2) is 11.1 Å². The van der Waals surface area contributed by atoms with E-state index in [2.05, 4.69) is 0 Å². The molecule has 0 radical (unpaired) electrons. The van der Waals surface area contributed by atoms with Gasteiger partial charge in [0.1, 0.15) is 0 Å². The molecule has 0 unspecified atom stereocenters. The third-order valence-corrected chi connectivity index (χ3v) is 2.32. The summed E-state index contributed by atoms with van der Waals surface area (Å²) in [5, 5.41) is 9.29. The predicted octanol–water partition coefficient (Wildman–Crippen LogP) is 2.15. The lowest BCUT2D eigenvalue weighted by atomic mass is 10.1. The van der Waals surface area contributed by atoms with Crippen molar-refractivity contribution in [2.75, 3.05) is 0 Å². The van der Waals surface area contributed by atoms with Crippen molar-refractivity contribution in [3.8, 4) is 0 Å². The zero-order valence-electron chi connectivity index (χ0n) is 6.55. The molecular formula is C8H7Cl2NO2. The number of carboxylic acid groups (broad SMARTS) is 1. The van der Waals surface area contributed by atoms with E-state index in [1.165, 1.54) is 12.1 Å². The van der Waals surface area contributed by atoms with Crippen LogP contribution < -0.4 is 5.73 Å². The van der Waals surface area contributed by atoms with Gasteiger partial charge in [-0.25, -0.2) is 4.79 Å². The van der Waals surface area contributed by atoms with Crippen LogP contribution in [0.4, 0.5) is 0 Å². The molecule has 0 spiro atoms. The van der Waals surface area contributed by atoms with Crippen LogP contribution in [0.5, 0.6) is 0 Å². The van der Waals surface area contributed by atoms with E-state index in [9.17, 15) is 4.79 Å². The van der Waals surface area contributed by atoms with Gasteiger partial charge in [-0.2, -0.15) is 0 Å². The van der Waals surface area contributed by atoms with Crippen LogP contribution >= 0.6 is 23.2 Å². The van der Waals surface area contributed by atoms with Gasteiger partial charge in [0.15, 0.2) is 0 Å². The standard InChI is InChI=1S/C8H7Cl2NO2/c9-6-1-4(3-11)5(8(12)13)2-7(6)10/h1-2H,3,11H2,(H,12,13). The molecule has 0 saturated carbocycles. The van der Waals surface area contributed by atoms with Crippen LogP contribution in [0, 0.1) is 0 Å². The molecule has 0 aliphatic rings. The van der Waals surface area contributed by atoms with Crippen LogP contribution in [-0.2, 0) is 6.54 Å². The summed E-state index contributed by atoms with van der Waals surface area (Å²) in [6, 6.07) is 2.77. The summed E-state index contributed by atoms with van der Waals surface area (Å²) in [5.41, 5.74) is 5.91. The molecule has 1 rings (SSSR count). The van der Waals surface area contributed by atoms with Gasteiger partial charge in [0.05, 0.1) is 15.6 Å². The van der Waals surface area contributed by atoms with Gasteiger partial charge >= 0.3 is 5.97 Å². The van der Waals surface area contributed by atoms with Crippen LogP contribution in [0.25, 0.3) is 0 Å². The molecule has 0 fully saturated rings. The van der Waals surface area contributed by atoms with Crippen molar-refractivity contribution in [1.82, 2.24) is 0 Å². The van der Waals surface area contributed by atoms with E-state index in [0.29, 0.717) is 10.6 Å². The largest absolute Gasteiger partial charge is 0.478 e. The van der Waals surface area contributed by atoms with Gasteiger partial charge < -0.3 is 10.8 Å². The Balaban J connectivity index is 3.33. The Labute approximate surface area is 85.1 Å². The first kappa shape index (κ1) is 10.3. The lowest BCUT2D eigenvalue weighted by molar-refractivity contribution is 0.0695. The molecule has 3 nitrogen and oxygen atoms in total. The molecule has 0 atom stereocenters. The van der Waals surface area contributed by atoms with E-state index < -0.39 is 5.97 Å². The van der Waals surface area contributed by atoms with E-state index in [1.807, 2.05) is 0 Å². The van der Waals surface area contributed by atoms with Crippen LogP contribution in [0.1, 0.15) is 15.9 Å². The maximum absolute atomic E-state index is 10.7. The third-order valence-electron chi connectivity index (χ3n) is 1.60. The first-order valence-corrected chi connectivity index (χ1v) is 4.23.